The van der Waals surface area contributed by atoms with Crippen LogP contribution in [0.4, 0.5) is 0 Å². The molecular weight excluding hydrogens is 306 g/mol. The van der Waals surface area contributed by atoms with Crippen LogP contribution in [-0.4, -0.2) is 33.9 Å². The normalized spacial score (nSPS) is 18.4. The molecule has 23 heavy (non-hydrogen) atoms. The molecule has 2 aromatic heterocycles. The van der Waals surface area contributed by atoms with E-state index in [2.05, 4.69) is 11.1 Å². The number of amides is 1. The highest BCUT2D eigenvalue weighted by Gasteiger charge is 2.32. The van der Waals surface area contributed by atoms with Crippen LogP contribution in [0.1, 0.15) is 32.9 Å². The standard InChI is InChI=1S/C18H23N3OS/c1-18(2,3)17(22)21-9-7-13(12-21)11-14-5-4-6-15(20-14)16-19-8-10-23-16/h4-6,8,10,13H,7,9,11-12H2,1-3H3. The first kappa shape index (κ1) is 16.1. The van der Waals surface area contributed by atoms with E-state index < -0.39 is 0 Å². The Labute approximate surface area is 141 Å². The van der Waals surface area contributed by atoms with Crippen molar-refractivity contribution in [2.45, 2.75) is 33.6 Å². The van der Waals surface area contributed by atoms with E-state index in [0.29, 0.717) is 5.92 Å². The lowest BCUT2D eigenvalue weighted by Gasteiger charge is -2.25. The molecule has 0 N–H and O–H groups in total. The first-order valence-electron chi connectivity index (χ1n) is 8.08. The lowest BCUT2D eigenvalue weighted by Crippen LogP contribution is -2.38. The van der Waals surface area contributed by atoms with Crippen LogP contribution in [0.5, 0.6) is 0 Å². The maximum Gasteiger partial charge on any atom is 0.227 e. The Kier molecular flexibility index (Phi) is 4.48. The Balaban J connectivity index is 1.65. The summed E-state index contributed by atoms with van der Waals surface area (Å²) >= 11 is 1.61. The predicted molar refractivity (Wildman–Crippen MR) is 93.2 cm³/mol. The lowest BCUT2D eigenvalue weighted by molar-refractivity contribution is -0.138. The van der Waals surface area contributed by atoms with Gasteiger partial charge in [-0.3, -0.25) is 9.78 Å². The summed E-state index contributed by atoms with van der Waals surface area (Å²) in [4.78, 5) is 23.5. The molecule has 1 atom stereocenters. The highest BCUT2D eigenvalue weighted by atomic mass is 32.1. The van der Waals surface area contributed by atoms with Gasteiger partial charge in [0, 0.05) is 35.8 Å². The summed E-state index contributed by atoms with van der Waals surface area (Å²) in [6.45, 7) is 7.68. The highest BCUT2D eigenvalue weighted by Crippen LogP contribution is 2.26. The molecule has 0 aromatic carbocycles. The third-order valence-corrected chi connectivity index (χ3v) is 4.97. The van der Waals surface area contributed by atoms with E-state index in [9.17, 15) is 4.79 Å². The van der Waals surface area contributed by atoms with Crippen LogP contribution >= 0.6 is 11.3 Å². The molecule has 0 bridgehead atoms. The average Bonchev–Trinajstić information content (AvgIpc) is 3.17. The third-order valence-electron chi connectivity index (χ3n) is 4.17. The van der Waals surface area contributed by atoms with Gasteiger partial charge in [-0.05, 0) is 30.9 Å². The van der Waals surface area contributed by atoms with Crippen LogP contribution in [0, 0.1) is 11.3 Å². The average molecular weight is 329 g/mol. The number of likely N-dealkylation sites (tertiary alicyclic amines) is 1. The van der Waals surface area contributed by atoms with E-state index >= 15 is 0 Å². The van der Waals surface area contributed by atoms with Gasteiger partial charge in [0.1, 0.15) is 5.01 Å². The van der Waals surface area contributed by atoms with Crippen molar-refractivity contribution in [3.05, 3.63) is 35.5 Å². The second-order valence-corrected chi connectivity index (χ2v) is 8.11. The molecule has 0 aliphatic carbocycles. The van der Waals surface area contributed by atoms with Gasteiger partial charge >= 0.3 is 0 Å². The Bertz CT molecular complexity index is 676. The molecule has 1 saturated heterocycles. The van der Waals surface area contributed by atoms with E-state index in [1.54, 1.807) is 17.5 Å². The first-order valence-corrected chi connectivity index (χ1v) is 8.96. The largest absolute Gasteiger partial charge is 0.342 e. The Morgan fingerprint density at radius 3 is 2.91 bits per heavy atom. The molecule has 1 unspecified atom stereocenters. The fraction of sp³-hybridized carbons (Fsp3) is 0.500. The topological polar surface area (TPSA) is 46.1 Å². The van der Waals surface area contributed by atoms with Crippen molar-refractivity contribution in [3.8, 4) is 10.7 Å². The minimum Gasteiger partial charge on any atom is -0.342 e. The van der Waals surface area contributed by atoms with E-state index in [0.717, 1.165) is 42.3 Å². The zero-order valence-electron chi connectivity index (χ0n) is 14.0. The number of rotatable bonds is 3. The molecule has 1 amide bonds. The van der Waals surface area contributed by atoms with Crippen molar-refractivity contribution in [3.63, 3.8) is 0 Å². The SMILES string of the molecule is CC(C)(C)C(=O)N1CCC(Cc2cccc(-c3nccs3)n2)C1. The Morgan fingerprint density at radius 2 is 2.22 bits per heavy atom. The van der Waals surface area contributed by atoms with Gasteiger partial charge in [-0.2, -0.15) is 0 Å². The number of aromatic nitrogens is 2. The second kappa shape index (κ2) is 6.40. The summed E-state index contributed by atoms with van der Waals surface area (Å²) in [5, 5.41) is 2.93. The molecule has 5 heteroatoms. The molecule has 1 fully saturated rings. The van der Waals surface area contributed by atoms with Gasteiger partial charge in [-0.1, -0.05) is 26.8 Å². The molecule has 0 radical (unpaired) electrons. The van der Waals surface area contributed by atoms with Crippen LogP contribution in [0.3, 0.4) is 0 Å². The Morgan fingerprint density at radius 1 is 1.39 bits per heavy atom. The van der Waals surface area contributed by atoms with Gasteiger partial charge in [0.05, 0.1) is 5.69 Å². The smallest absolute Gasteiger partial charge is 0.227 e. The maximum atomic E-state index is 12.4. The van der Waals surface area contributed by atoms with Crippen LogP contribution in [0.2, 0.25) is 0 Å². The van der Waals surface area contributed by atoms with E-state index in [4.69, 9.17) is 4.98 Å². The number of nitrogens with zero attached hydrogens (tertiary/aromatic N) is 3. The highest BCUT2D eigenvalue weighted by molar-refractivity contribution is 7.13. The molecule has 0 saturated carbocycles. The number of hydrogen-bond acceptors (Lipinski definition) is 4. The van der Waals surface area contributed by atoms with Crippen LogP contribution in [0.15, 0.2) is 29.8 Å². The van der Waals surface area contributed by atoms with Crippen molar-refractivity contribution in [1.82, 2.24) is 14.9 Å². The summed E-state index contributed by atoms with van der Waals surface area (Å²) in [5.74, 6) is 0.754. The number of carbonyl (C=O) groups excluding carboxylic acids is 1. The molecule has 1 aliphatic heterocycles. The first-order chi connectivity index (χ1) is 10.9. The second-order valence-electron chi connectivity index (χ2n) is 7.21. The minimum atomic E-state index is -0.294. The molecule has 3 heterocycles. The third kappa shape index (κ3) is 3.78. The summed E-state index contributed by atoms with van der Waals surface area (Å²) in [6, 6.07) is 6.13. The molecule has 3 rings (SSSR count). The lowest BCUT2D eigenvalue weighted by atomic mass is 9.95. The number of carbonyl (C=O) groups is 1. The number of thiazole rings is 1. The summed E-state index contributed by atoms with van der Waals surface area (Å²) < 4.78 is 0. The fourth-order valence-electron chi connectivity index (χ4n) is 3.02. The van der Waals surface area contributed by atoms with Crippen LogP contribution < -0.4 is 0 Å². The summed E-state index contributed by atoms with van der Waals surface area (Å²) in [7, 11) is 0. The monoisotopic (exact) mass is 329 g/mol. The summed E-state index contributed by atoms with van der Waals surface area (Å²) in [5.41, 5.74) is 1.74. The quantitative estimate of drug-likeness (QED) is 0.863. The van der Waals surface area contributed by atoms with Crippen molar-refractivity contribution in [2.24, 2.45) is 11.3 Å². The zero-order chi connectivity index (χ0) is 16.4. The van der Waals surface area contributed by atoms with Gasteiger partial charge in [-0.15, -0.1) is 11.3 Å². The van der Waals surface area contributed by atoms with Gasteiger partial charge < -0.3 is 4.90 Å². The molecule has 1 aliphatic rings. The maximum absolute atomic E-state index is 12.4. The zero-order valence-corrected chi connectivity index (χ0v) is 14.8. The minimum absolute atomic E-state index is 0.254. The van der Waals surface area contributed by atoms with E-state index in [1.165, 1.54) is 0 Å². The fourth-order valence-corrected chi connectivity index (χ4v) is 3.62. The molecule has 122 valence electrons. The Hall–Kier alpha value is -1.75. The van der Waals surface area contributed by atoms with E-state index in [-0.39, 0.29) is 11.3 Å². The van der Waals surface area contributed by atoms with Gasteiger partial charge in [-0.25, -0.2) is 4.98 Å². The van der Waals surface area contributed by atoms with Crippen molar-refractivity contribution in [2.75, 3.05) is 13.1 Å². The van der Waals surface area contributed by atoms with Crippen LogP contribution in [0.25, 0.3) is 10.7 Å². The molecular formula is C18H23N3OS. The van der Waals surface area contributed by atoms with Gasteiger partial charge in [0.15, 0.2) is 0 Å². The molecule has 0 spiro atoms. The summed E-state index contributed by atoms with van der Waals surface area (Å²) in [6.07, 6.45) is 3.79. The van der Waals surface area contributed by atoms with Crippen LogP contribution in [-0.2, 0) is 11.2 Å². The number of hydrogen-bond donors (Lipinski definition) is 0. The van der Waals surface area contributed by atoms with E-state index in [1.807, 2.05) is 43.2 Å². The van der Waals surface area contributed by atoms with Crippen molar-refractivity contribution < 1.29 is 4.79 Å². The van der Waals surface area contributed by atoms with Gasteiger partial charge in [0.25, 0.3) is 0 Å². The number of pyridine rings is 1. The van der Waals surface area contributed by atoms with Gasteiger partial charge in [0.2, 0.25) is 5.91 Å². The molecule has 4 nitrogen and oxygen atoms in total. The van der Waals surface area contributed by atoms with Crippen molar-refractivity contribution in [1.29, 1.82) is 0 Å². The molecule has 2 aromatic rings. The predicted octanol–water partition coefficient (Wildman–Crippen LogP) is 3.64. The van der Waals surface area contributed by atoms with Crippen molar-refractivity contribution >= 4 is 17.2 Å².